The molecule has 0 aliphatic heterocycles. The summed E-state index contributed by atoms with van der Waals surface area (Å²) in [6.07, 6.45) is 1.72. The van der Waals surface area contributed by atoms with Crippen molar-refractivity contribution in [3.63, 3.8) is 0 Å². The third-order valence-electron chi connectivity index (χ3n) is 3.63. The van der Waals surface area contributed by atoms with Crippen molar-refractivity contribution in [2.24, 2.45) is 5.92 Å². The molecule has 22 heavy (non-hydrogen) atoms. The molecule has 2 rings (SSSR count). The van der Waals surface area contributed by atoms with E-state index >= 15 is 0 Å². The number of carbonyl (C=O) groups excluding carboxylic acids is 3. The first-order valence-electron chi connectivity index (χ1n) is 7.07. The summed E-state index contributed by atoms with van der Waals surface area (Å²) in [5.41, 5.74) is 0.189. The predicted octanol–water partition coefficient (Wildman–Crippen LogP) is 2.25. The second-order valence-corrected chi connectivity index (χ2v) is 5.23. The van der Waals surface area contributed by atoms with Crippen molar-refractivity contribution in [2.45, 2.75) is 32.1 Å². The molecule has 7 nitrogen and oxygen atoms in total. The number of hydrogen-bond acceptors (Lipinski definition) is 5. The number of non-ortho nitro benzene ring substituents is 1. The van der Waals surface area contributed by atoms with E-state index in [1.54, 1.807) is 0 Å². The summed E-state index contributed by atoms with van der Waals surface area (Å²) in [5.74, 6) is -1.19. The SMILES string of the molecule is O=C(CCC(=O)C1CCCC1=O)Nc1cccc([N+](=O)[O-])c1. The minimum absolute atomic E-state index is 0.0111. The van der Waals surface area contributed by atoms with Gasteiger partial charge in [0.25, 0.3) is 5.69 Å². The Morgan fingerprint density at radius 1 is 1.32 bits per heavy atom. The normalized spacial score (nSPS) is 17.3. The highest BCUT2D eigenvalue weighted by Crippen LogP contribution is 2.24. The standard InChI is InChI=1S/C15H16N2O5/c18-13-6-2-5-12(13)14(19)7-8-15(20)16-10-3-1-4-11(9-10)17(21)22/h1,3-4,9,12H,2,5-8H2,(H,16,20). The molecule has 1 unspecified atom stereocenters. The van der Waals surface area contributed by atoms with Crippen LogP contribution in [0.4, 0.5) is 11.4 Å². The van der Waals surface area contributed by atoms with Gasteiger partial charge in [-0.05, 0) is 18.9 Å². The van der Waals surface area contributed by atoms with Gasteiger partial charge in [-0.1, -0.05) is 6.07 Å². The van der Waals surface area contributed by atoms with E-state index in [9.17, 15) is 24.5 Å². The number of nitrogens with zero attached hydrogens (tertiary/aromatic N) is 1. The molecule has 1 saturated carbocycles. The van der Waals surface area contributed by atoms with Crippen molar-refractivity contribution in [1.82, 2.24) is 0 Å². The van der Waals surface area contributed by atoms with Crippen molar-refractivity contribution in [2.75, 3.05) is 5.32 Å². The fourth-order valence-electron chi connectivity index (χ4n) is 2.49. The molecule has 1 atom stereocenters. The Balaban J connectivity index is 1.85. The average molecular weight is 304 g/mol. The maximum absolute atomic E-state index is 11.9. The molecule has 0 saturated heterocycles. The molecule has 0 radical (unpaired) electrons. The molecule has 0 heterocycles. The Morgan fingerprint density at radius 2 is 2.09 bits per heavy atom. The zero-order valence-corrected chi connectivity index (χ0v) is 11.9. The molecule has 1 aliphatic carbocycles. The van der Waals surface area contributed by atoms with Crippen LogP contribution in [0.3, 0.4) is 0 Å². The number of amides is 1. The van der Waals surface area contributed by atoms with Crippen molar-refractivity contribution in [1.29, 1.82) is 0 Å². The lowest BCUT2D eigenvalue weighted by Gasteiger charge is -2.07. The van der Waals surface area contributed by atoms with Gasteiger partial charge in [0.15, 0.2) is 0 Å². The Bertz CT molecular complexity index is 626. The lowest BCUT2D eigenvalue weighted by atomic mass is 9.98. The van der Waals surface area contributed by atoms with Crippen LogP contribution in [0.25, 0.3) is 0 Å². The number of hydrogen-bond donors (Lipinski definition) is 1. The largest absolute Gasteiger partial charge is 0.326 e. The van der Waals surface area contributed by atoms with E-state index in [4.69, 9.17) is 0 Å². The van der Waals surface area contributed by atoms with Gasteiger partial charge in [-0.25, -0.2) is 0 Å². The first-order chi connectivity index (χ1) is 10.5. The van der Waals surface area contributed by atoms with Crippen LogP contribution < -0.4 is 5.32 Å². The summed E-state index contributed by atoms with van der Waals surface area (Å²) in [7, 11) is 0. The quantitative estimate of drug-likeness (QED) is 0.493. The monoisotopic (exact) mass is 304 g/mol. The van der Waals surface area contributed by atoms with Crippen LogP contribution in [-0.2, 0) is 14.4 Å². The first-order valence-corrected chi connectivity index (χ1v) is 7.07. The molecule has 0 spiro atoms. The molecule has 1 amide bonds. The molecule has 0 bridgehead atoms. The van der Waals surface area contributed by atoms with E-state index in [1.807, 2.05) is 0 Å². The van der Waals surface area contributed by atoms with Crippen molar-refractivity contribution < 1.29 is 19.3 Å². The molecule has 7 heteroatoms. The van der Waals surface area contributed by atoms with E-state index in [0.29, 0.717) is 18.5 Å². The Morgan fingerprint density at radius 3 is 2.73 bits per heavy atom. The maximum atomic E-state index is 11.9. The van der Waals surface area contributed by atoms with Gasteiger partial charge in [0.05, 0.1) is 10.8 Å². The highest BCUT2D eigenvalue weighted by Gasteiger charge is 2.30. The first kappa shape index (κ1) is 15.8. The zero-order chi connectivity index (χ0) is 16.1. The van der Waals surface area contributed by atoms with Gasteiger partial charge in [-0.15, -0.1) is 0 Å². The number of carbonyl (C=O) groups is 3. The summed E-state index contributed by atoms with van der Waals surface area (Å²) in [6.45, 7) is 0. The molecule has 1 aromatic rings. The Kier molecular flexibility index (Phi) is 4.98. The number of Topliss-reactive ketones (excluding diaryl/α,β-unsaturated/α-hetero) is 2. The molecular weight excluding hydrogens is 288 g/mol. The van der Waals surface area contributed by atoms with Crippen LogP contribution in [0.2, 0.25) is 0 Å². The summed E-state index contributed by atoms with van der Waals surface area (Å²) >= 11 is 0. The zero-order valence-electron chi connectivity index (χ0n) is 11.9. The lowest BCUT2D eigenvalue weighted by Crippen LogP contribution is -2.21. The van der Waals surface area contributed by atoms with Crippen LogP contribution in [-0.4, -0.2) is 22.4 Å². The predicted molar refractivity (Wildman–Crippen MR) is 78.3 cm³/mol. The number of nitro groups is 1. The minimum Gasteiger partial charge on any atom is -0.326 e. The van der Waals surface area contributed by atoms with E-state index in [1.165, 1.54) is 24.3 Å². The Hall–Kier alpha value is -2.57. The van der Waals surface area contributed by atoms with E-state index < -0.39 is 16.7 Å². The van der Waals surface area contributed by atoms with Gasteiger partial charge in [0.2, 0.25) is 5.91 Å². The molecule has 0 aromatic heterocycles. The van der Waals surface area contributed by atoms with E-state index in [0.717, 1.165) is 6.42 Å². The number of nitrogens with one attached hydrogen (secondary N) is 1. The summed E-state index contributed by atoms with van der Waals surface area (Å²) < 4.78 is 0. The molecule has 1 N–H and O–H groups in total. The molecule has 1 aliphatic rings. The van der Waals surface area contributed by atoms with Crippen molar-refractivity contribution in [3.8, 4) is 0 Å². The highest BCUT2D eigenvalue weighted by molar-refractivity contribution is 6.05. The van der Waals surface area contributed by atoms with Gasteiger partial charge in [-0.3, -0.25) is 24.5 Å². The van der Waals surface area contributed by atoms with Gasteiger partial charge >= 0.3 is 0 Å². The molecule has 116 valence electrons. The van der Waals surface area contributed by atoms with Gasteiger partial charge in [0, 0.05) is 37.1 Å². The summed E-state index contributed by atoms with van der Waals surface area (Å²) in [4.78, 5) is 45.2. The van der Waals surface area contributed by atoms with E-state index in [-0.39, 0.29) is 30.1 Å². The number of ketones is 2. The van der Waals surface area contributed by atoms with Crippen LogP contribution in [0, 0.1) is 16.0 Å². The summed E-state index contributed by atoms with van der Waals surface area (Å²) in [6, 6.07) is 5.58. The highest BCUT2D eigenvalue weighted by atomic mass is 16.6. The molecular formula is C15H16N2O5. The minimum atomic E-state index is -0.551. The van der Waals surface area contributed by atoms with Crippen LogP contribution in [0.1, 0.15) is 32.1 Å². The van der Waals surface area contributed by atoms with Gasteiger partial charge < -0.3 is 5.32 Å². The van der Waals surface area contributed by atoms with Crippen LogP contribution >= 0.6 is 0 Å². The number of benzene rings is 1. The second-order valence-electron chi connectivity index (χ2n) is 5.23. The molecule has 1 aromatic carbocycles. The third kappa shape index (κ3) is 3.97. The molecule has 1 fully saturated rings. The third-order valence-corrected chi connectivity index (χ3v) is 3.63. The Labute approximate surface area is 126 Å². The second kappa shape index (κ2) is 6.93. The van der Waals surface area contributed by atoms with Crippen molar-refractivity contribution >= 4 is 28.8 Å². The van der Waals surface area contributed by atoms with Gasteiger partial charge in [0.1, 0.15) is 11.6 Å². The number of rotatable bonds is 6. The smallest absolute Gasteiger partial charge is 0.271 e. The lowest BCUT2D eigenvalue weighted by molar-refractivity contribution is -0.384. The maximum Gasteiger partial charge on any atom is 0.271 e. The fraction of sp³-hybridized carbons (Fsp3) is 0.400. The average Bonchev–Trinajstić information content (AvgIpc) is 2.91. The number of nitro benzene ring substituents is 1. The van der Waals surface area contributed by atoms with E-state index in [2.05, 4.69) is 5.32 Å². The topological polar surface area (TPSA) is 106 Å². The fourth-order valence-corrected chi connectivity index (χ4v) is 2.49. The van der Waals surface area contributed by atoms with Gasteiger partial charge in [-0.2, -0.15) is 0 Å². The van der Waals surface area contributed by atoms with Crippen molar-refractivity contribution in [3.05, 3.63) is 34.4 Å². The van der Waals surface area contributed by atoms with Crippen LogP contribution in [0.15, 0.2) is 24.3 Å². The summed E-state index contributed by atoms with van der Waals surface area (Å²) in [5, 5.41) is 13.2. The number of anilines is 1. The van der Waals surface area contributed by atoms with Crippen LogP contribution in [0.5, 0.6) is 0 Å².